The van der Waals surface area contributed by atoms with E-state index < -0.39 is 5.60 Å². The Morgan fingerprint density at radius 3 is 1.61 bits per heavy atom. The summed E-state index contributed by atoms with van der Waals surface area (Å²) in [4.78, 5) is 54.3. The number of piperidine rings is 2. The molecule has 0 radical (unpaired) electrons. The van der Waals surface area contributed by atoms with E-state index in [1.165, 1.54) is 5.56 Å². The van der Waals surface area contributed by atoms with Crippen molar-refractivity contribution in [2.75, 3.05) is 65.7 Å². The Balaban J connectivity index is 0.000000179. The summed E-state index contributed by atoms with van der Waals surface area (Å²) in [5, 5.41) is 5.67. The Morgan fingerprint density at radius 1 is 0.620 bits per heavy atom. The molecule has 71 heavy (non-hydrogen) atoms. The maximum absolute atomic E-state index is 13.3. The van der Waals surface area contributed by atoms with E-state index in [9.17, 15) is 14.4 Å². The average molecular weight is 969 g/mol. The second-order valence-corrected chi connectivity index (χ2v) is 20.0. The topological polar surface area (TPSA) is 155 Å². The Labute approximate surface area is 415 Å². The predicted octanol–water partition coefficient (Wildman–Crippen LogP) is 7.11. The molecular formula is C55H68N8O8. The number of benzene rings is 2. The highest BCUT2D eigenvalue weighted by Gasteiger charge is 2.32. The van der Waals surface area contributed by atoms with Gasteiger partial charge in [-0.05, 0) is 145 Å². The number of nitrogens with zero attached hydrogens (tertiary/aromatic N) is 7. The van der Waals surface area contributed by atoms with Gasteiger partial charge in [-0.3, -0.25) is 18.7 Å². The number of likely N-dealkylation sites (tertiary alicyclic amines) is 2. The van der Waals surface area contributed by atoms with E-state index in [1.54, 1.807) is 16.7 Å². The van der Waals surface area contributed by atoms with Crippen molar-refractivity contribution in [3.63, 3.8) is 0 Å². The molecule has 4 aliphatic rings. The summed E-state index contributed by atoms with van der Waals surface area (Å²) in [5.74, 6) is 3.13. The van der Waals surface area contributed by atoms with Gasteiger partial charge in [0.2, 0.25) is 0 Å². The molecule has 16 nitrogen and oxygen atoms in total. The third-order valence-electron chi connectivity index (χ3n) is 13.6. The van der Waals surface area contributed by atoms with Crippen LogP contribution in [0.5, 0.6) is 23.0 Å². The van der Waals surface area contributed by atoms with E-state index in [2.05, 4.69) is 37.2 Å². The first-order valence-corrected chi connectivity index (χ1v) is 25.2. The average Bonchev–Trinajstić information content (AvgIpc) is 3.37. The van der Waals surface area contributed by atoms with Gasteiger partial charge in [-0.2, -0.15) is 0 Å². The van der Waals surface area contributed by atoms with Gasteiger partial charge < -0.3 is 43.7 Å². The van der Waals surface area contributed by atoms with Crippen LogP contribution in [0.4, 0.5) is 4.79 Å². The highest BCUT2D eigenvalue weighted by molar-refractivity contribution is 5.75. The summed E-state index contributed by atoms with van der Waals surface area (Å²) < 4.78 is 32.1. The van der Waals surface area contributed by atoms with Gasteiger partial charge in [-0.25, -0.2) is 14.8 Å². The summed E-state index contributed by atoms with van der Waals surface area (Å²) in [6.45, 7) is 19.7. The molecule has 2 aromatic carbocycles. The predicted molar refractivity (Wildman–Crippen MR) is 274 cm³/mol. The van der Waals surface area contributed by atoms with Gasteiger partial charge in [-0.1, -0.05) is 12.1 Å². The third-order valence-corrected chi connectivity index (χ3v) is 13.6. The summed E-state index contributed by atoms with van der Waals surface area (Å²) in [6.07, 6.45) is 3.55. The quantitative estimate of drug-likeness (QED) is 0.133. The van der Waals surface area contributed by atoms with Gasteiger partial charge in [0, 0.05) is 98.7 Å². The van der Waals surface area contributed by atoms with Gasteiger partial charge in [0.1, 0.15) is 43.3 Å². The molecule has 0 bridgehead atoms. The van der Waals surface area contributed by atoms with Gasteiger partial charge in [0.15, 0.2) is 23.0 Å². The van der Waals surface area contributed by atoms with Crippen molar-refractivity contribution in [3.8, 4) is 23.0 Å². The van der Waals surface area contributed by atoms with E-state index in [-0.39, 0.29) is 23.3 Å². The Hall–Kier alpha value is -6.49. The van der Waals surface area contributed by atoms with Gasteiger partial charge in [0.25, 0.3) is 11.1 Å². The molecule has 0 aliphatic carbocycles. The standard InChI is InChI=1S/C30H38N4O5.C25H30N4O3/c1-21-5-7-23-8-10-27(35)33(28(23)31-21)16-15-32-13-11-24(12-14-32)34(29(36)39-30(2,3)4)20-22-6-9-25-26(19-22)38-18-17-37-25;1-18-2-4-20-5-7-24(30)29(25(20)27-18)13-12-28-10-8-21(9-11-28)26-17-19-3-6-22-23(16-19)32-15-14-31-22/h5-10,19,24H,11-18,20H2,1-4H3;2-7,16,21,26H,8-15,17H2,1H3. The zero-order chi connectivity index (χ0) is 49.5. The number of hydrogen-bond acceptors (Lipinski definition) is 13. The van der Waals surface area contributed by atoms with Crippen LogP contribution in [0.25, 0.3) is 22.1 Å². The first-order valence-electron chi connectivity index (χ1n) is 25.2. The zero-order valence-electron chi connectivity index (χ0n) is 41.9. The molecule has 0 spiro atoms. The SMILES string of the molecule is Cc1ccc2ccc(=O)n(CCN3CCC(N(Cc4ccc5c(c4)OCCO5)C(=O)OC(C)(C)C)CC3)c2n1.Cc1ccc2ccc(=O)n(CCN3CCC(NCc4ccc5c(c4)OCCO5)CC3)c2n1. The minimum Gasteiger partial charge on any atom is -0.486 e. The van der Waals surface area contributed by atoms with Crippen LogP contribution >= 0.6 is 0 Å². The van der Waals surface area contributed by atoms with E-state index >= 15 is 0 Å². The minimum absolute atomic E-state index is 0.0200. The Morgan fingerprint density at radius 2 is 1.08 bits per heavy atom. The molecular weight excluding hydrogens is 901 g/mol. The molecule has 4 aromatic heterocycles. The highest BCUT2D eigenvalue weighted by Crippen LogP contribution is 2.33. The largest absolute Gasteiger partial charge is 0.486 e. The molecule has 0 unspecified atom stereocenters. The van der Waals surface area contributed by atoms with E-state index in [0.717, 1.165) is 128 Å². The molecule has 0 saturated carbocycles. The van der Waals surface area contributed by atoms with Crippen LogP contribution in [0, 0.1) is 13.8 Å². The minimum atomic E-state index is -0.582. The molecule has 1 N–H and O–H groups in total. The van der Waals surface area contributed by atoms with E-state index in [1.807, 2.05) is 105 Å². The number of aromatic nitrogens is 4. The van der Waals surface area contributed by atoms with Crippen LogP contribution in [0.1, 0.15) is 69.0 Å². The molecule has 2 fully saturated rings. The molecule has 10 rings (SSSR count). The fraction of sp³-hybridized carbons (Fsp3) is 0.473. The number of amides is 1. The second kappa shape index (κ2) is 22.3. The second-order valence-electron chi connectivity index (χ2n) is 20.0. The number of nitrogens with one attached hydrogen (secondary N) is 1. The van der Waals surface area contributed by atoms with Gasteiger partial charge in [0.05, 0.1) is 0 Å². The molecule has 6 aromatic rings. The third kappa shape index (κ3) is 12.7. The molecule has 0 atom stereocenters. The fourth-order valence-corrected chi connectivity index (χ4v) is 9.75. The number of ether oxygens (including phenoxy) is 5. The van der Waals surface area contributed by atoms with Crippen LogP contribution < -0.4 is 35.4 Å². The lowest BCUT2D eigenvalue weighted by Gasteiger charge is -2.39. The van der Waals surface area contributed by atoms with Crippen molar-refractivity contribution in [2.45, 2.75) is 104 Å². The number of rotatable bonds is 12. The zero-order valence-corrected chi connectivity index (χ0v) is 41.9. The number of carbonyl (C=O) groups excluding carboxylic acids is 1. The number of pyridine rings is 4. The first-order chi connectivity index (χ1) is 34.3. The smallest absolute Gasteiger partial charge is 0.410 e. The lowest BCUT2D eigenvalue weighted by Crippen LogP contribution is -2.49. The normalized spacial score (nSPS) is 16.6. The fourth-order valence-electron chi connectivity index (χ4n) is 9.75. The monoisotopic (exact) mass is 969 g/mol. The summed E-state index contributed by atoms with van der Waals surface area (Å²) in [5.41, 5.74) is 4.94. The summed E-state index contributed by atoms with van der Waals surface area (Å²) >= 11 is 0. The molecule has 16 heteroatoms. The Bertz CT molecular complexity index is 2930. The molecule has 376 valence electrons. The van der Waals surface area contributed by atoms with Crippen molar-refractivity contribution >= 4 is 28.2 Å². The van der Waals surface area contributed by atoms with Gasteiger partial charge in [-0.15, -0.1) is 0 Å². The van der Waals surface area contributed by atoms with Crippen LogP contribution in [0.3, 0.4) is 0 Å². The number of fused-ring (bicyclic) bond motifs is 4. The van der Waals surface area contributed by atoms with Crippen LogP contribution in [-0.4, -0.2) is 123 Å². The van der Waals surface area contributed by atoms with Crippen molar-refractivity contribution in [1.29, 1.82) is 0 Å². The van der Waals surface area contributed by atoms with Crippen molar-refractivity contribution in [1.82, 2.24) is 39.1 Å². The lowest BCUT2D eigenvalue weighted by atomic mass is 10.0. The molecule has 1 amide bonds. The van der Waals surface area contributed by atoms with Crippen molar-refractivity contribution in [3.05, 3.63) is 128 Å². The first kappa shape index (κ1) is 49.5. The van der Waals surface area contributed by atoms with Crippen LogP contribution in [0.15, 0.2) is 94.5 Å². The lowest BCUT2D eigenvalue weighted by molar-refractivity contribution is 0.00561. The summed E-state index contributed by atoms with van der Waals surface area (Å²) in [7, 11) is 0. The van der Waals surface area contributed by atoms with Crippen molar-refractivity contribution < 1.29 is 28.5 Å². The maximum atomic E-state index is 13.3. The molecule has 4 aliphatic heterocycles. The molecule has 8 heterocycles. The number of hydrogen-bond donors (Lipinski definition) is 1. The van der Waals surface area contributed by atoms with E-state index in [4.69, 9.17) is 23.7 Å². The molecule has 2 saturated heterocycles. The highest BCUT2D eigenvalue weighted by atomic mass is 16.6. The Kier molecular flexibility index (Phi) is 15.5. The van der Waals surface area contributed by atoms with Gasteiger partial charge >= 0.3 is 6.09 Å². The van der Waals surface area contributed by atoms with Crippen LogP contribution in [-0.2, 0) is 30.9 Å². The number of carbonyl (C=O) groups is 1. The number of aryl methyl sites for hydroxylation is 2. The van der Waals surface area contributed by atoms with E-state index in [0.29, 0.717) is 57.9 Å². The maximum Gasteiger partial charge on any atom is 0.410 e. The summed E-state index contributed by atoms with van der Waals surface area (Å²) in [6, 6.07) is 27.5. The van der Waals surface area contributed by atoms with Crippen LogP contribution in [0.2, 0.25) is 0 Å². The van der Waals surface area contributed by atoms with Crippen molar-refractivity contribution in [2.24, 2.45) is 0 Å².